The third kappa shape index (κ3) is 2.43. The number of nitrogens with zero attached hydrogens (tertiary/aromatic N) is 4. The van der Waals surface area contributed by atoms with Gasteiger partial charge in [-0.05, 0) is 20.5 Å². The number of ether oxygens (including phenoxy) is 1. The number of aromatic nitrogens is 2. The van der Waals surface area contributed by atoms with Gasteiger partial charge in [-0.25, -0.2) is 4.98 Å². The van der Waals surface area contributed by atoms with E-state index in [1.165, 1.54) is 17.9 Å². The van der Waals surface area contributed by atoms with Crippen molar-refractivity contribution in [1.82, 2.24) is 19.4 Å². The van der Waals surface area contributed by atoms with Gasteiger partial charge in [0, 0.05) is 38.5 Å². The van der Waals surface area contributed by atoms with Crippen molar-refractivity contribution in [3.8, 4) is 0 Å². The third-order valence-electron chi connectivity index (χ3n) is 3.78. The standard InChI is InChI=1S/C13H22N4O/c1-15(2)7-11-8-17-5-4-16(9-13(17)14-11)12-3-6-18-10-12/h8,12H,3-7,9-10H2,1-2H3/t12-/m1/s1. The van der Waals surface area contributed by atoms with Crippen molar-refractivity contribution in [1.29, 1.82) is 0 Å². The molecule has 3 rings (SSSR count). The molecule has 0 aliphatic carbocycles. The molecule has 2 aliphatic rings. The highest BCUT2D eigenvalue weighted by molar-refractivity contribution is 5.06. The fourth-order valence-electron chi connectivity index (χ4n) is 2.85. The van der Waals surface area contributed by atoms with Gasteiger partial charge >= 0.3 is 0 Å². The monoisotopic (exact) mass is 250 g/mol. The lowest BCUT2D eigenvalue weighted by Crippen LogP contribution is -2.41. The molecule has 0 bridgehead atoms. The summed E-state index contributed by atoms with van der Waals surface area (Å²) in [6.07, 6.45) is 3.38. The second-order valence-corrected chi connectivity index (χ2v) is 5.57. The van der Waals surface area contributed by atoms with E-state index in [9.17, 15) is 0 Å². The summed E-state index contributed by atoms with van der Waals surface area (Å²) in [5, 5.41) is 0. The first-order chi connectivity index (χ1) is 8.72. The molecule has 0 radical (unpaired) electrons. The molecule has 18 heavy (non-hydrogen) atoms. The van der Waals surface area contributed by atoms with Crippen molar-refractivity contribution < 1.29 is 4.74 Å². The van der Waals surface area contributed by atoms with E-state index in [2.05, 4.69) is 34.7 Å². The van der Waals surface area contributed by atoms with Gasteiger partial charge in [-0.1, -0.05) is 0 Å². The molecule has 1 aromatic heterocycles. The fourth-order valence-corrected chi connectivity index (χ4v) is 2.85. The average Bonchev–Trinajstić information content (AvgIpc) is 2.94. The van der Waals surface area contributed by atoms with E-state index < -0.39 is 0 Å². The SMILES string of the molecule is CN(C)Cc1cn2c(n1)CN([C@@H]1CCOC1)CC2. The minimum Gasteiger partial charge on any atom is -0.380 e. The maximum atomic E-state index is 5.48. The van der Waals surface area contributed by atoms with Gasteiger partial charge in [-0.15, -0.1) is 0 Å². The summed E-state index contributed by atoms with van der Waals surface area (Å²) in [5.74, 6) is 1.21. The van der Waals surface area contributed by atoms with Crippen molar-refractivity contribution in [3.05, 3.63) is 17.7 Å². The van der Waals surface area contributed by atoms with E-state index in [-0.39, 0.29) is 0 Å². The predicted octanol–water partition coefficient (Wildman–Crippen LogP) is 0.549. The van der Waals surface area contributed by atoms with E-state index in [4.69, 9.17) is 9.72 Å². The number of rotatable bonds is 3. The summed E-state index contributed by atoms with van der Waals surface area (Å²) in [6, 6.07) is 0.604. The zero-order valence-corrected chi connectivity index (χ0v) is 11.3. The summed E-state index contributed by atoms with van der Waals surface area (Å²) in [4.78, 5) is 9.44. The van der Waals surface area contributed by atoms with Crippen LogP contribution in [0.4, 0.5) is 0 Å². The molecule has 1 fully saturated rings. The van der Waals surface area contributed by atoms with Gasteiger partial charge in [-0.2, -0.15) is 0 Å². The lowest BCUT2D eigenvalue weighted by molar-refractivity contribution is 0.121. The number of fused-ring (bicyclic) bond motifs is 1. The minimum atomic E-state index is 0.604. The normalized spacial score (nSPS) is 24.7. The van der Waals surface area contributed by atoms with Crippen LogP contribution in [0.25, 0.3) is 0 Å². The molecule has 0 saturated carbocycles. The Morgan fingerprint density at radius 1 is 1.44 bits per heavy atom. The van der Waals surface area contributed by atoms with Crippen LogP contribution in [-0.4, -0.2) is 59.2 Å². The maximum absolute atomic E-state index is 5.48. The molecule has 1 atom stereocenters. The molecule has 0 spiro atoms. The molecule has 1 aromatic rings. The summed E-state index contributed by atoms with van der Waals surface area (Å²) >= 11 is 0. The second-order valence-electron chi connectivity index (χ2n) is 5.57. The highest BCUT2D eigenvalue weighted by Crippen LogP contribution is 2.20. The third-order valence-corrected chi connectivity index (χ3v) is 3.78. The predicted molar refractivity (Wildman–Crippen MR) is 69.3 cm³/mol. The van der Waals surface area contributed by atoms with Gasteiger partial charge in [-0.3, -0.25) is 4.90 Å². The van der Waals surface area contributed by atoms with E-state index in [1.807, 2.05) is 0 Å². The molecule has 0 amide bonds. The minimum absolute atomic E-state index is 0.604. The van der Waals surface area contributed by atoms with Gasteiger partial charge in [0.05, 0.1) is 18.8 Å². The van der Waals surface area contributed by atoms with Crippen molar-refractivity contribution in [2.45, 2.75) is 32.1 Å². The topological polar surface area (TPSA) is 33.5 Å². The first-order valence-corrected chi connectivity index (χ1v) is 6.74. The molecule has 0 aromatic carbocycles. The highest BCUT2D eigenvalue weighted by Gasteiger charge is 2.27. The van der Waals surface area contributed by atoms with Gasteiger partial charge in [0.2, 0.25) is 0 Å². The molecule has 0 unspecified atom stereocenters. The Labute approximate surface area is 108 Å². The molecule has 1 saturated heterocycles. The lowest BCUT2D eigenvalue weighted by atomic mass is 10.2. The molecule has 100 valence electrons. The number of imidazole rings is 1. The van der Waals surface area contributed by atoms with E-state index in [0.717, 1.165) is 39.4 Å². The van der Waals surface area contributed by atoms with E-state index in [1.54, 1.807) is 0 Å². The Kier molecular flexibility index (Phi) is 3.37. The maximum Gasteiger partial charge on any atom is 0.123 e. The van der Waals surface area contributed by atoms with Gasteiger partial charge in [0.1, 0.15) is 5.82 Å². The Morgan fingerprint density at radius 2 is 2.33 bits per heavy atom. The Morgan fingerprint density at radius 3 is 3.06 bits per heavy atom. The Bertz CT molecular complexity index is 409. The lowest BCUT2D eigenvalue weighted by Gasteiger charge is -2.31. The van der Waals surface area contributed by atoms with Crippen molar-refractivity contribution in [3.63, 3.8) is 0 Å². The van der Waals surface area contributed by atoms with Crippen LogP contribution in [-0.2, 0) is 24.4 Å². The van der Waals surface area contributed by atoms with Crippen LogP contribution in [0.2, 0.25) is 0 Å². The smallest absolute Gasteiger partial charge is 0.123 e. The molecule has 0 N–H and O–H groups in total. The molecular formula is C13H22N4O. The van der Waals surface area contributed by atoms with E-state index >= 15 is 0 Å². The van der Waals surface area contributed by atoms with Crippen molar-refractivity contribution in [2.24, 2.45) is 0 Å². The van der Waals surface area contributed by atoms with Crippen molar-refractivity contribution >= 4 is 0 Å². The van der Waals surface area contributed by atoms with Crippen LogP contribution >= 0.6 is 0 Å². The number of hydrogen-bond acceptors (Lipinski definition) is 4. The van der Waals surface area contributed by atoms with Gasteiger partial charge < -0.3 is 14.2 Å². The van der Waals surface area contributed by atoms with Crippen LogP contribution in [0.5, 0.6) is 0 Å². The first-order valence-electron chi connectivity index (χ1n) is 6.74. The Hall–Kier alpha value is -0.910. The summed E-state index contributed by atoms with van der Waals surface area (Å²) < 4.78 is 7.79. The molecule has 3 heterocycles. The molecule has 2 aliphatic heterocycles. The van der Waals surface area contributed by atoms with Crippen LogP contribution in [0.3, 0.4) is 0 Å². The van der Waals surface area contributed by atoms with Gasteiger partial charge in [0.15, 0.2) is 0 Å². The summed E-state index contributed by atoms with van der Waals surface area (Å²) in [6.45, 7) is 5.89. The quantitative estimate of drug-likeness (QED) is 0.784. The van der Waals surface area contributed by atoms with Crippen LogP contribution in [0.1, 0.15) is 17.9 Å². The van der Waals surface area contributed by atoms with Crippen LogP contribution in [0, 0.1) is 0 Å². The summed E-state index contributed by atoms with van der Waals surface area (Å²) in [7, 11) is 4.17. The van der Waals surface area contributed by atoms with Crippen LogP contribution in [0.15, 0.2) is 6.20 Å². The van der Waals surface area contributed by atoms with Crippen LogP contribution < -0.4 is 0 Å². The fraction of sp³-hybridized carbons (Fsp3) is 0.769. The average molecular weight is 250 g/mol. The zero-order chi connectivity index (χ0) is 12.5. The highest BCUT2D eigenvalue weighted by atomic mass is 16.5. The first kappa shape index (κ1) is 12.1. The molecule has 5 nitrogen and oxygen atoms in total. The molecular weight excluding hydrogens is 228 g/mol. The number of hydrogen-bond donors (Lipinski definition) is 0. The Balaban J connectivity index is 1.69. The summed E-state index contributed by atoms with van der Waals surface area (Å²) in [5.41, 5.74) is 1.18. The second kappa shape index (κ2) is 4.99. The molecule has 5 heteroatoms. The zero-order valence-electron chi connectivity index (χ0n) is 11.3. The van der Waals surface area contributed by atoms with Gasteiger partial charge in [0.25, 0.3) is 0 Å². The largest absolute Gasteiger partial charge is 0.380 e. The van der Waals surface area contributed by atoms with Crippen molar-refractivity contribution in [2.75, 3.05) is 33.9 Å². The van der Waals surface area contributed by atoms with E-state index in [0.29, 0.717) is 6.04 Å².